The Balaban J connectivity index is 2.01. The maximum Gasteiger partial charge on any atom is 0.168 e. The SMILES string of the molecule is NCCC1=C(c2cccs2)N2CCN=C2S1. The van der Waals surface area contributed by atoms with Crippen LogP contribution in [0.1, 0.15) is 11.3 Å². The van der Waals surface area contributed by atoms with Crippen molar-refractivity contribution in [3.05, 3.63) is 27.3 Å². The maximum absolute atomic E-state index is 5.67. The minimum atomic E-state index is 0.707. The van der Waals surface area contributed by atoms with Gasteiger partial charge in [0.25, 0.3) is 0 Å². The average molecular weight is 251 g/mol. The Morgan fingerprint density at radius 2 is 2.44 bits per heavy atom. The lowest BCUT2D eigenvalue weighted by Gasteiger charge is -2.15. The van der Waals surface area contributed by atoms with Gasteiger partial charge in [-0.1, -0.05) is 17.8 Å². The fourth-order valence-corrected chi connectivity index (χ4v) is 4.09. The number of aliphatic imine (C=N–C) groups is 1. The molecule has 0 bridgehead atoms. The summed E-state index contributed by atoms with van der Waals surface area (Å²) in [5, 5.41) is 3.28. The predicted molar refractivity (Wildman–Crippen MR) is 71.5 cm³/mol. The van der Waals surface area contributed by atoms with Crippen LogP contribution in [0.3, 0.4) is 0 Å². The standard InChI is InChI=1S/C11H13N3S2/c12-4-3-9-10(8-2-1-7-15-8)14-6-5-13-11(14)16-9/h1-2,7H,3-6,12H2. The number of amidine groups is 1. The smallest absolute Gasteiger partial charge is 0.168 e. The van der Waals surface area contributed by atoms with Gasteiger partial charge in [0.1, 0.15) is 0 Å². The monoisotopic (exact) mass is 251 g/mol. The van der Waals surface area contributed by atoms with E-state index in [4.69, 9.17) is 5.73 Å². The Kier molecular flexibility index (Phi) is 2.75. The highest BCUT2D eigenvalue weighted by Gasteiger charge is 2.32. The largest absolute Gasteiger partial charge is 0.330 e. The van der Waals surface area contributed by atoms with Gasteiger partial charge in [0.05, 0.1) is 17.1 Å². The zero-order chi connectivity index (χ0) is 11.0. The number of hydrogen-bond acceptors (Lipinski definition) is 5. The molecule has 3 heterocycles. The molecule has 2 aliphatic rings. The molecular formula is C11H13N3S2. The van der Waals surface area contributed by atoms with E-state index in [2.05, 4.69) is 27.4 Å². The highest BCUT2D eigenvalue weighted by Crippen LogP contribution is 2.43. The quantitative estimate of drug-likeness (QED) is 0.895. The molecule has 1 aromatic heterocycles. The molecule has 3 rings (SSSR count). The van der Waals surface area contributed by atoms with Crippen molar-refractivity contribution in [2.24, 2.45) is 10.7 Å². The molecule has 0 amide bonds. The summed E-state index contributed by atoms with van der Waals surface area (Å²) in [5.41, 5.74) is 7.02. The first-order valence-electron chi connectivity index (χ1n) is 5.37. The summed E-state index contributed by atoms with van der Waals surface area (Å²) in [7, 11) is 0. The molecule has 84 valence electrons. The van der Waals surface area contributed by atoms with E-state index in [9.17, 15) is 0 Å². The van der Waals surface area contributed by atoms with Gasteiger partial charge in [0.15, 0.2) is 5.17 Å². The van der Waals surface area contributed by atoms with Crippen LogP contribution in [0.15, 0.2) is 27.4 Å². The van der Waals surface area contributed by atoms with E-state index in [-0.39, 0.29) is 0 Å². The van der Waals surface area contributed by atoms with Crippen LogP contribution in [0.25, 0.3) is 5.70 Å². The second-order valence-corrected chi connectivity index (χ2v) is 5.72. The predicted octanol–water partition coefficient (Wildman–Crippen LogP) is 2.18. The van der Waals surface area contributed by atoms with E-state index in [0.29, 0.717) is 6.54 Å². The number of hydrogen-bond donors (Lipinski definition) is 1. The first-order chi connectivity index (χ1) is 7.90. The van der Waals surface area contributed by atoms with Crippen LogP contribution in [0, 0.1) is 0 Å². The molecule has 2 N–H and O–H groups in total. The van der Waals surface area contributed by atoms with E-state index in [1.54, 1.807) is 23.1 Å². The van der Waals surface area contributed by atoms with E-state index in [0.717, 1.165) is 24.7 Å². The Bertz CT molecular complexity index is 448. The first kappa shape index (κ1) is 10.4. The molecule has 5 heteroatoms. The lowest BCUT2D eigenvalue weighted by atomic mass is 10.2. The van der Waals surface area contributed by atoms with Crippen molar-refractivity contribution in [2.75, 3.05) is 19.6 Å². The van der Waals surface area contributed by atoms with Crippen molar-refractivity contribution in [1.82, 2.24) is 4.90 Å². The van der Waals surface area contributed by atoms with Crippen molar-refractivity contribution in [3.8, 4) is 0 Å². The summed E-state index contributed by atoms with van der Waals surface area (Å²) in [5.74, 6) is 0. The van der Waals surface area contributed by atoms with E-state index in [1.165, 1.54) is 15.5 Å². The third kappa shape index (κ3) is 1.59. The van der Waals surface area contributed by atoms with E-state index >= 15 is 0 Å². The van der Waals surface area contributed by atoms with Crippen molar-refractivity contribution >= 4 is 34.0 Å². The van der Waals surface area contributed by atoms with Crippen LogP contribution in [0.5, 0.6) is 0 Å². The van der Waals surface area contributed by atoms with Gasteiger partial charge in [-0.05, 0) is 24.4 Å². The van der Waals surface area contributed by atoms with Gasteiger partial charge in [0.2, 0.25) is 0 Å². The topological polar surface area (TPSA) is 41.6 Å². The molecule has 0 atom stereocenters. The third-order valence-electron chi connectivity index (χ3n) is 2.68. The number of nitrogens with zero attached hydrogens (tertiary/aromatic N) is 2. The molecule has 0 radical (unpaired) electrons. The van der Waals surface area contributed by atoms with Gasteiger partial charge < -0.3 is 10.6 Å². The van der Waals surface area contributed by atoms with Crippen molar-refractivity contribution in [2.45, 2.75) is 6.42 Å². The number of thioether (sulfide) groups is 1. The van der Waals surface area contributed by atoms with Crippen LogP contribution < -0.4 is 5.73 Å². The second kappa shape index (κ2) is 4.24. The minimum Gasteiger partial charge on any atom is -0.330 e. The maximum atomic E-state index is 5.67. The second-order valence-electron chi connectivity index (χ2n) is 3.71. The molecule has 0 spiro atoms. The third-order valence-corrected chi connectivity index (χ3v) is 4.73. The van der Waals surface area contributed by atoms with Crippen molar-refractivity contribution < 1.29 is 0 Å². The van der Waals surface area contributed by atoms with Crippen LogP contribution in [0.2, 0.25) is 0 Å². The Morgan fingerprint density at radius 1 is 1.50 bits per heavy atom. The fourth-order valence-electron chi connectivity index (χ4n) is 2.01. The van der Waals surface area contributed by atoms with Crippen LogP contribution in [-0.4, -0.2) is 29.7 Å². The molecule has 0 aliphatic carbocycles. The molecule has 0 unspecified atom stereocenters. The zero-order valence-electron chi connectivity index (χ0n) is 8.85. The van der Waals surface area contributed by atoms with Crippen LogP contribution >= 0.6 is 23.1 Å². The normalized spacial score (nSPS) is 19.3. The molecule has 0 aromatic carbocycles. The van der Waals surface area contributed by atoms with Gasteiger partial charge in [-0.3, -0.25) is 4.99 Å². The molecule has 0 saturated heterocycles. The van der Waals surface area contributed by atoms with Gasteiger partial charge in [0, 0.05) is 11.4 Å². The summed E-state index contributed by atoms with van der Waals surface area (Å²) in [6.45, 7) is 2.65. The number of fused-ring (bicyclic) bond motifs is 1. The highest BCUT2D eigenvalue weighted by atomic mass is 32.2. The molecule has 1 aromatic rings. The van der Waals surface area contributed by atoms with Gasteiger partial charge >= 0.3 is 0 Å². The lowest BCUT2D eigenvalue weighted by Crippen LogP contribution is -2.19. The van der Waals surface area contributed by atoms with Gasteiger partial charge in [-0.2, -0.15) is 0 Å². The Labute approximate surface area is 103 Å². The fraction of sp³-hybridized carbons (Fsp3) is 0.364. The molecular weight excluding hydrogens is 238 g/mol. The van der Waals surface area contributed by atoms with Crippen LogP contribution in [-0.2, 0) is 0 Å². The summed E-state index contributed by atoms with van der Waals surface area (Å²) < 4.78 is 0. The molecule has 0 saturated carbocycles. The Hall–Kier alpha value is -0.780. The van der Waals surface area contributed by atoms with Gasteiger partial charge in [-0.15, -0.1) is 11.3 Å². The van der Waals surface area contributed by atoms with E-state index < -0.39 is 0 Å². The number of rotatable bonds is 3. The van der Waals surface area contributed by atoms with Crippen molar-refractivity contribution in [3.63, 3.8) is 0 Å². The summed E-state index contributed by atoms with van der Waals surface area (Å²) in [6, 6.07) is 4.28. The number of thiophene rings is 1. The summed E-state index contributed by atoms with van der Waals surface area (Å²) >= 11 is 3.58. The molecule has 16 heavy (non-hydrogen) atoms. The first-order valence-corrected chi connectivity index (χ1v) is 7.06. The summed E-state index contributed by atoms with van der Waals surface area (Å²) in [6.07, 6.45) is 0.952. The zero-order valence-corrected chi connectivity index (χ0v) is 10.5. The molecule has 0 fully saturated rings. The highest BCUT2D eigenvalue weighted by molar-refractivity contribution is 8.17. The van der Waals surface area contributed by atoms with Crippen molar-refractivity contribution in [1.29, 1.82) is 0 Å². The van der Waals surface area contributed by atoms with Gasteiger partial charge in [-0.25, -0.2) is 0 Å². The van der Waals surface area contributed by atoms with E-state index in [1.807, 2.05) is 0 Å². The molecule has 3 nitrogen and oxygen atoms in total. The van der Waals surface area contributed by atoms with Crippen LogP contribution in [0.4, 0.5) is 0 Å². The Morgan fingerprint density at radius 3 is 3.19 bits per heavy atom. The number of nitrogens with two attached hydrogens (primary N) is 1. The summed E-state index contributed by atoms with van der Waals surface area (Å²) in [4.78, 5) is 9.57. The lowest BCUT2D eigenvalue weighted by molar-refractivity contribution is 0.648. The average Bonchev–Trinajstić information content (AvgIpc) is 2.91. The molecule has 2 aliphatic heterocycles. The minimum absolute atomic E-state index is 0.707.